The van der Waals surface area contributed by atoms with Crippen LogP contribution < -0.4 is 5.32 Å². The van der Waals surface area contributed by atoms with Gasteiger partial charge in [-0.05, 0) is 42.7 Å². The van der Waals surface area contributed by atoms with Crippen molar-refractivity contribution in [2.45, 2.75) is 63.2 Å². The molecule has 2 aliphatic carbocycles. The first-order valence-corrected chi connectivity index (χ1v) is 8.25. The van der Waals surface area contributed by atoms with Gasteiger partial charge in [0, 0.05) is 12.6 Å². The Labute approximate surface area is 121 Å². The fraction of sp³-hybridized carbons (Fsp3) is 0.667. The molecule has 1 saturated heterocycles. The molecule has 0 bridgehead atoms. The summed E-state index contributed by atoms with van der Waals surface area (Å²) in [4.78, 5) is 0. The van der Waals surface area contributed by atoms with Crippen molar-refractivity contribution in [1.29, 1.82) is 0 Å². The van der Waals surface area contributed by atoms with Gasteiger partial charge in [0.15, 0.2) is 0 Å². The van der Waals surface area contributed by atoms with Crippen molar-refractivity contribution in [3.63, 3.8) is 0 Å². The van der Waals surface area contributed by atoms with E-state index in [-0.39, 0.29) is 11.7 Å². The first-order chi connectivity index (χ1) is 9.76. The van der Waals surface area contributed by atoms with Crippen molar-refractivity contribution >= 4 is 0 Å². The van der Waals surface area contributed by atoms with Crippen LogP contribution >= 0.6 is 0 Å². The van der Waals surface area contributed by atoms with E-state index in [0.29, 0.717) is 6.04 Å². The number of hydrogen-bond acceptors (Lipinski definition) is 2. The lowest BCUT2D eigenvalue weighted by Gasteiger charge is -2.50. The predicted molar refractivity (Wildman–Crippen MR) is 80.7 cm³/mol. The molecule has 1 saturated carbocycles. The molecule has 1 aromatic rings. The molecule has 0 aromatic heterocycles. The summed E-state index contributed by atoms with van der Waals surface area (Å²) in [7, 11) is 0. The van der Waals surface area contributed by atoms with Gasteiger partial charge < -0.3 is 10.1 Å². The fourth-order valence-corrected chi connectivity index (χ4v) is 4.58. The zero-order valence-corrected chi connectivity index (χ0v) is 12.4. The van der Waals surface area contributed by atoms with E-state index >= 15 is 0 Å². The molecule has 3 aliphatic rings. The maximum Gasteiger partial charge on any atom is 0.0988 e. The van der Waals surface area contributed by atoms with Crippen LogP contribution in [0.3, 0.4) is 0 Å². The Bertz CT molecular complexity index is 500. The maximum atomic E-state index is 6.75. The highest BCUT2D eigenvalue weighted by Crippen LogP contribution is 2.44. The van der Waals surface area contributed by atoms with Crippen LogP contribution in [0.1, 0.15) is 56.3 Å². The summed E-state index contributed by atoms with van der Waals surface area (Å²) < 4.78 is 6.75. The molecule has 1 heterocycles. The third kappa shape index (κ3) is 2.10. The summed E-state index contributed by atoms with van der Waals surface area (Å²) in [5, 5.41) is 3.82. The van der Waals surface area contributed by atoms with E-state index in [9.17, 15) is 0 Å². The molecular formula is C18H25NO. The summed E-state index contributed by atoms with van der Waals surface area (Å²) >= 11 is 0. The molecule has 1 aliphatic heterocycles. The van der Waals surface area contributed by atoms with Crippen LogP contribution in [-0.4, -0.2) is 18.2 Å². The minimum atomic E-state index is 0.100. The average Bonchev–Trinajstić information content (AvgIpc) is 2.47. The van der Waals surface area contributed by atoms with E-state index in [0.717, 1.165) is 12.5 Å². The number of benzene rings is 1. The van der Waals surface area contributed by atoms with E-state index < -0.39 is 0 Å². The molecule has 4 atom stereocenters. The minimum Gasteiger partial charge on any atom is -0.364 e. The van der Waals surface area contributed by atoms with Gasteiger partial charge in [0.1, 0.15) is 0 Å². The third-order valence-corrected chi connectivity index (χ3v) is 5.56. The van der Waals surface area contributed by atoms with Crippen molar-refractivity contribution in [2.24, 2.45) is 5.92 Å². The Kier molecular flexibility index (Phi) is 3.12. The first-order valence-electron chi connectivity index (χ1n) is 8.25. The lowest BCUT2D eigenvalue weighted by atomic mass is 9.75. The summed E-state index contributed by atoms with van der Waals surface area (Å²) in [6.07, 6.45) is 7.84. The molecule has 2 nitrogen and oxygen atoms in total. The topological polar surface area (TPSA) is 21.3 Å². The number of ether oxygens (including phenoxy) is 1. The molecule has 1 N–H and O–H groups in total. The first kappa shape index (κ1) is 12.8. The summed E-state index contributed by atoms with van der Waals surface area (Å²) in [5.41, 5.74) is 3.04. The lowest BCUT2D eigenvalue weighted by Crippen LogP contribution is -2.58. The minimum absolute atomic E-state index is 0.100. The zero-order chi connectivity index (χ0) is 13.6. The van der Waals surface area contributed by atoms with Gasteiger partial charge in [-0.15, -0.1) is 0 Å². The summed E-state index contributed by atoms with van der Waals surface area (Å²) in [5.74, 6) is 0.806. The Morgan fingerprint density at radius 3 is 3.05 bits per heavy atom. The highest BCUT2D eigenvalue weighted by molar-refractivity contribution is 5.33. The molecule has 1 spiro atoms. The standard InChI is InChI=1S/C18H25NO/c1-13-5-4-10-18(11-13)12-19-16-9-8-14-6-2-3-7-15(14)17(16)20-18/h2-3,6-7,13,16-17,19H,4-5,8-12H2,1H3. The van der Waals surface area contributed by atoms with Crippen molar-refractivity contribution in [3.05, 3.63) is 35.4 Å². The third-order valence-electron chi connectivity index (χ3n) is 5.56. The van der Waals surface area contributed by atoms with E-state index in [1.165, 1.54) is 49.7 Å². The molecule has 0 amide bonds. The Hall–Kier alpha value is -0.860. The van der Waals surface area contributed by atoms with Crippen molar-refractivity contribution in [2.75, 3.05) is 6.54 Å². The zero-order valence-electron chi connectivity index (χ0n) is 12.4. The van der Waals surface area contributed by atoms with Gasteiger partial charge in [0.05, 0.1) is 11.7 Å². The Morgan fingerprint density at radius 2 is 2.15 bits per heavy atom. The molecule has 108 valence electrons. The van der Waals surface area contributed by atoms with Crippen LogP contribution in [-0.2, 0) is 11.2 Å². The molecule has 4 rings (SSSR count). The number of nitrogens with one attached hydrogen (secondary N) is 1. The van der Waals surface area contributed by atoms with E-state index in [4.69, 9.17) is 4.74 Å². The van der Waals surface area contributed by atoms with Crippen LogP contribution in [0.2, 0.25) is 0 Å². The monoisotopic (exact) mass is 271 g/mol. The van der Waals surface area contributed by atoms with Gasteiger partial charge in [-0.25, -0.2) is 0 Å². The lowest BCUT2D eigenvalue weighted by molar-refractivity contribution is -0.163. The van der Waals surface area contributed by atoms with Gasteiger partial charge in [-0.1, -0.05) is 44.0 Å². The van der Waals surface area contributed by atoms with Crippen LogP contribution in [0.4, 0.5) is 0 Å². The highest BCUT2D eigenvalue weighted by atomic mass is 16.5. The largest absolute Gasteiger partial charge is 0.364 e. The fourth-order valence-electron chi connectivity index (χ4n) is 4.58. The summed E-state index contributed by atoms with van der Waals surface area (Å²) in [6, 6.07) is 9.40. The molecule has 4 unspecified atom stereocenters. The van der Waals surface area contributed by atoms with Crippen LogP contribution in [0.15, 0.2) is 24.3 Å². The molecule has 2 fully saturated rings. The van der Waals surface area contributed by atoms with Gasteiger partial charge in [-0.2, -0.15) is 0 Å². The van der Waals surface area contributed by atoms with Gasteiger partial charge in [0.2, 0.25) is 0 Å². The number of rotatable bonds is 0. The quantitative estimate of drug-likeness (QED) is 0.778. The van der Waals surface area contributed by atoms with Crippen molar-refractivity contribution in [1.82, 2.24) is 5.32 Å². The van der Waals surface area contributed by atoms with Crippen LogP contribution in [0.25, 0.3) is 0 Å². The smallest absolute Gasteiger partial charge is 0.0988 e. The molecule has 2 heteroatoms. The van der Waals surface area contributed by atoms with Gasteiger partial charge in [0.25, 0.3) is 0 Å². The second kappa shape index (κ2) is 4.85. The second-order valence-electron chi connectivity index (χ2n) is 7.15. The van der Waals surface area contributed by atoms with Crippen LogP contribution in [0.5, 0.6) is 0 Å². The van der Waals surface area contributed by atoms with Crippen molar-refractivity contribution < 1.29 is 4.74 Å². The Balaban J connectivity index is 1.63. The van der Waals surface area contributed by atoms with Crippen molar-refractivity contribution in [3.8, 4) is 0 Å². The number of hydrogen-bond donors (Lipinski definition) is 1. The summed E-state index contributed by atoms with van der Waals surface area (Å²) in [6.45, 7) is 3.44. The number of morpholine rings is 1. The Morgan fingerprint density at radius 1 is 1.25 bits per heavy atom. The molecule has 0 radical (unpaired) electrons. The highest BCUT2D eigenvalue weighted by Gasteiger charge is 2.45. The second-order valence-corrected chi connectivity index (χ2v) is 7.15. The van der Waals surface area contributed by atoms with Crippen LogP contribution in [0, 0.1) is 5.92 Å². The number of fused-ring (bicyclic) bond motifs is 3. The molecule has 20 heavy (non-hydrogen) atoms. The van der Waals surface area contributed by atoms with E-state index in [2.05, 4.69) is 36.5 Å². The molecule has 1 aromatic carbocycles. The maximum absolute atomic E-state index is 6.75. The predicted octanol–water partition coefficient (Wildman–Crippen LogP) is 3.61. The van der Waals surface area contributed by atoms with Gasteiger partial charge in [-0.3, -0.25) is 0 Å². The van der Waals surface area contributed by atoms with E-state index in [1.54, 1.807) is 0 Å². The number of aryl methyl sites for hydroxylation is 1. The van der Waals surface area contributed by atoms with E-state index in [1.807, 2.05) is 0 Å². The SMILES string of the molecule is CC1CCCC2(CNC3CCc4ccccc4C3O2)C1. The molecular weight excluding hydrogens is 246 g/mol. The normalized spacial score (nSPS) is 40.1. The average molecular weight is 271 g/mol. The van der Waals surface area contributed by atoms with Gasteiger partial charge >= 0.3 is 0 Å².